The van der Waals surface area contributed by atoms with E-state index in [4.69, 9.17) is 16.3 Å². The summed E-state index contributed by atoms with van der Waals surface area (Å²) in [5.41, 5.74) is -0.708. The topological polar surface area (TPSA) is 84.5 Å². The highest BCUT2D eigenvalue weighted by atomic mass is 35.5. The van der Waals surface area contributed by atoms with Crippen LogP contribution in [0.1, 0.15) is 25.3 Å². The van der Waals surface area contributed by atoms with E-state index in [0.29, 0.717) is 30.9 Å². The third-order valence-electron chi connectivity index (χ3n) is 5.33. The number of rotatable bonds is 8. The summed E-state index contributed by atoms with van der Waals surface area (Å²) in [6.45, 7) is 2.40. The molecule has 4 rings (SSSR count). The lowest BCUT2D eigenvalue weighted by molar-refractivity contribution is -0.118. The molecule has 0 bridgehead atoms. The van der Waals surface area contributed by atoms with E-state index >= 15 is 0 Å². The molecule has 0 atom stereocenters. The Bertz CT molecular complexity index is 1290. The highest BCUT2D eigenvalue weighted by Gasteiger charge is 2.52. The average molecular weight is 477 g/mol. The summed E-state index contributed by atoms with van der Waals surface area (Å²) in [7, 11) is -3.97. The Kier molecular flexibility index (Phi) is 6.11. The summed E-state index contributed by atoms with van der Waals surface area (Å²) >= 11 is 5.73. The van der Waals surface area contributed by atoms with E-state index in [1.54, 1.807) is 12.1 Å². The number of fused-ring (bicyclic) bond motifs is 1. The van der Waals surface area contributed by atoms with Crippen molar-refractivity contribution in [3.63, 3.8) is 0 Å². The fraction of sp³-hybridized carbons (Fsp3) is 0.261. The molecule has 0 aromatic heterocycles. The number of benzene rings is 3. The number of halogens is 2. The zero-order valence-electron chi connectivity index (χ0n) is 17.3. The Labute approximate surface area is 190 Å². The SMILES string of the molecule is CCOc1ccc(NC(=O)C2(NS(=O)(=O)Cc3ccc(Cl)cc3F)CC2)c2ccccc12. The molecule has 1 aliphatic carbocycles. The van der Waals surface area contributed by atoms with Crippen molar-refractivity contribution >= 4 is 44.0 Å². The quantitative estimate of drug-likeness (QED) is 0.496. The van der Waals surface area contributed by atoms with Gasteiger partial charge in [-0.1, -0.05) is 41.9 Å². The van der Waals surface area contributed by atoms with Crippen molar-refractivity contribution in [2.24, 2.45) is 0 Å². The summed E-state index contributed by atoms with van der Waals surface area (Å²) in [6.07, 6.45) is 0.715. The van der Waals surface area contributed by atoms with Crippen LogP contribution in [0.4, 0.5) is 10.1 Å². The van der Waals surface area contributed by atoms with Crippen LogP contribution in [0.15, 0.2) is 54.6 Å². The zero-order valence-corrected chi connectivity index (χ0v) is 18.9. The minimum absolute atomic E-state index is 0.0179. The van der Waals surface area contributed by atoms with Crippen LogP contribution in [0.3, 0.4) is 0 Å². The van der Waals surface area contributed by atoms with Gasteiger partial charge in [0.15, 0.2) is 0 Å². The first-order valence-corrected chi connectivity index (χ1v) is 12.2. The first-order chi connectivity index (χ1) is 15.2. The molecule has 0 spiro atoms. The Hall–Kier alpha value is -2.68. The van der Waals surface area contributed by atoms with Crippen molar-refractivity contribution in [2.45, 2.75) is 31.1 Å². The molecule has 1 aliphatic rings. The number of anilines is 1. The van der Waals surface area contributed by atoms with Crippen LogP contribution in [0, 0.1) is 5.82 Å². The Morgan fingerprint density at radius 2 is 1.84 bits per heavy atom. The molecular weight excluding hydrogens is 455 g/mol. The lowest BCUT2D eigenvalue weighted by Gasteiger charge is -2.19. The third kappa shape index (κ3) is 4.72. The monoisotopic (exact) mass is 476 g/mol. The van der Waals surface area contributed by atoms with Crippen molar-refractivity contribution in [1.29, 1.82) is 0 Å². The van der Waals surface area contributed by atoms with Crippen molar-refractivity contribution in [3.8, 4) is 5.75 Å². The summed E-state index contributed by atoms with van der Waals surface area (Å²) in [6, 6.07) is 14.8. The standard InChI is InChI=1S/C23H22ClFN2O4S/c1-2-31-21-10-9-20(17-5-3-4-6-18(17)21)26-22(28)23(11-12-23)27-32(29,30)14-15-7-8-16(24)13-19(15)25/h3-10,13,27H,2,11-12,14H2,1H3,(H,26,28). The lowest BCUT2D eigenvalue weighted by Crippen LogP contribution is -2.46. The van der Waals surface area contributed by atoms with Gasteiger partial charge in [-0.05, 0) is 44.0 Å². The molecule has 0 heterocycles. The summed E-state index contributed by atoms with van der Waals surface area (Å²) in [4.78, 5) is 13.0. The minimum atomic E-state index is -3.97. The summed E-state index contributed by atoms with van der Waals surface area (Å²) in [5.74, 6) is -1.05. The van der Waals surface area contributed by atoms with Crippen molar-refractivity contribution < 1.29 is 22.3 Å². The Morgan fingerprint density at radius 1 is 1.12 bits per heavy atom. The molecule has 2 N–H and O–H groups in total. The maximum absolute atomic E-state index is 14.0. The number of sulfonamides is 1. The van der Waals surface area contributed by atoms with Crippen LogP contribution in [-0.4, -0.2) is 26.5 Å². The average Bonchev–Trinajstić information content (AvgIpc) is 3.52. The van der Waals surface area contributed by atoms with Gasteiger partial charge in [0.1, 0.15) is 17.1 Å². The maximum Gasteiger partial charge on any atom is 0.245 e. The van der Waals surface area contributed by atoms with Crippen LogP contribution >= 0.6 is 11.6 Å². The highest BCUT2D eigenvalue weighted by Crippen LogP contribution is 2.39. The molecular formula is C23H22ClFN2O4S. The van der Waals surface area contributed by atoms with Crippen molar-refractivity contribution in [1.82, 2.24) is 4.72 Å². The van der Waals surface area contributed by atoms with E-state index in [2.05, 4.69) is 10.0 Å². The molecule has 0 aliphatic heterocycles. The predicted molar refractivity (Wildman–Crippen MR) is 123 cm³/mol. The van der Waals surface area contributed by atoms with Gasteiger partial charge in [-0.3, -0.25) is 4.79 Å². The van der Waals surface area contributed by atoms with Crippen molar-refractivity contribution in [3.05, 3.63) is 71.0 Å². The van der Waals surface area contributed by atoms with E-state index in [-0.39, 0.29) is 10.6 Å². The van der Waals surface area contributed by atoms with Gasteiger partial charge < -0.3 is 10.1 Å². The van der Waals surface area contributed by atoms with Gasteiger partial charge in [0.05, 0.1) is 12.4 Å². The predicted octanol–water partition coefficient (Wildman–Crippen LogP) is 4.62. The van der Waals surface area contributed by atoms with Gasteiger partial charge in [0.2, 0.25) is 15.9 Å². The Balaban J connectivity index is 1.53. The van der Waals surface area contributed by atoms with Gasteiger partial charge in [0.25, 0.3) is 0 Å². The van der Waals surface area contributed by atoms with Gasteiger partial charge in [-0.15, -0.1) is 0 Å². The van der Waals surface area contributed by atoms with E-state index in [1.807, 2.05) is 31.2 Å². The van der Waals surface area contributed by atoms with Gasteiger partial charge in [0, 0.05) is 27.0 Å². The second-order valence-corrected chi connectivity index (χ2v) is 9.88. The molecule has 0 saturated heterocycles. The molecule has 168 valence electrons. The van der Waals surface area contributed by atoms with E-state index in [0.717, 1.165) is 16.8 Å². The first kappa shape index (κ1) is 22.5. The number of amides is 1. The zero-order chi connectivity index (χ0) is 22.9. The number of nitrogens with one attached hydrogen (secondary N) is 2. The van der Waals surface area contributed by atoms with Crippen LogP contribution < -0.4 is 14.8 Å². The van der Waals surface area contributed by atoms with Crippen LogP contribution in [0.2, 0.25) is 5.02 Å². The highest BCUT2D eigenvalue weighted by molar-refractivity contribution is 7.88. The molecule has 3 aromatic carbocycles. The van der Waals surface area contributed by atoms with Crippen molar-refractivity contribution in [2.75, 3.05) is 11.9 Å². The molecule has 1 saturated carbocycles. The number of carbonyl (C=O) groups is 1. The molecule has 1 amide bonds. The lowest BCUT2D eigenvalue weighted by atomic mass is 10.1. The smallest absolute Gasteiger partial charge is 0.245 e. The third-order valence-corrected chi connectivity index (χ3v) is 6.96. The number of carbonyl (C=O) groups excluding carboxylic acids is 1. The number of hydrogen-bond acceptors (Lipinski definition) is 4. The normalized spacial score (nSPS) is 14.8. The fourth-order valence-corrected chi connectivity index (χ4v) is 5.35. The summed E-state index contributed by atoms with van der Waals surface area (Å²) < 4.78 is 47.5. The largest absolute Gasteiger partial charge is 0.493 e. The molecule has 0 radical (unpaired) electrons. The summed E-state index contributed by atoms with van der Waals surface area (Å²) in [5, 5.41) is 4.66. The number of ether oxygens (including phenoxy) is 1. The molecule has 1 fully saturated rings. The second kappa shape index (κ2) is 8.69. The first-order valence-electron chi connectivity index (χ1n) is 10.1. The van der Waals surface area contributed by atoms with Gasteiger partial charge in [-0.25, -0.2) is 12.8 Å². The van der Waals surface area contributed by atoms with Crippen LogP contribution in [-0.2, 0) is 20.6 Å². The molecule has 6 nitrogen and oxygen atoms in total. The Morgan fingerprint density at radius 3 is 2.50 bits per heavy atom. The van der Waals surface area contributed by atoms with E-state index < -0.39 is 33.0 Å². The minimum Gasteiger partial charge on any atom is -0.493 e. The molecule has 3 aromatic rings. The molecule has 32 heavy (non-hydrogen) atoms. The number of hydrogen-bond donors (Lipinski definition) is 2. The van der Waals surface area contributed by atoms with Gasteiger partial charge >= 0.3 is 0 Å². The maximum atomic E-state index is 14.0. The molecule has 0 unspecified atom stereocenters. The fourth-order valence-electron chi connectivity index (χ4n) is 3.58. The van der Waals surface area contributed by atoms with E-state index in [9.17, 15) is 17.6 Å². The van der Waals surface area contributed by atoms with Gasteiger partial charge in [-0.2, -0.15) is 4.72 Å². The van der Waals surface area contributed by atoms with Crippen LogP contribution in [0.5, 0.6) is 5.75 Å². The second-order valence-electron chi connectivity index (χ2n) is 7.72. The van der Waals surface area contributed by atoms with Crippen LogP contribution in [0.25, 0.3) is 10.8 Å². The molecule has 9 heteroatoms. The van der Waals surface area contributed by atoms with E-state index in [1.165, 1.54) is 12.1 Å².